The third-order valence-electron chi connectivity index (χ3n) is 5.30. The first-order chi connectivity index (χ1) is 12.5. The first-order valence-electron chi connectivity index (χ1n) is 8.94. The van der Waals surface area contributed by atoms with E-state index in [1.807, 2.05) is 36.1 Å². The summed E-state index contributed by atoms with van der Waals surface area (Å²) in [6, 6.07) is 14.2. The lowest BCUT2D eigenvalue weighted by Crippen LogP contribution is -2.23. The number of rotatable bonds is 4. The van der Waals surface area contributed by atoms with Crippen molar-refractivity contribution in [3.8, 4) is 0 Å². The molecule has 0 radical (unpaired) electrons. The van der Waals surface area contributed by atoms with E-state index in [-0.39, 0.29) is 5.91 Å². The predicted molar refractivity (Wildman–Crippen MR) is 101 cm³/mol. The zero-order chi connectivity index (χ0) is 18.3. The summed E-state index contributed by atoms with van der Waals surface area (Å²) in [6.45, 7) is 6.89. The van der Waals surface area contributed by atoms with E-state index in [0.29, 0.717) is 12.5 Å². The van der Waals surface area contributed by atoms with Gasteiger partial charge in [-0.2, -0.15) is 0 Å². The highest BCUT2D eigenvalue weighted by molar-refractivity contribution is 6.10. The number of hydrogen-bond donors (Lipinski definition) is 0. The van der Waals surface area contributed by atoms with Gasteiger partial charge in [-0.05, 0) is 61.1 Å². The number of benzene rings is 2. The minimum absolute atomic E-state index is 0.0841. The number of anilines is 1. The maximum Gasteiger partial charge on any atom is 0.258 e. The summed E-state index contributed by atoms with van der Waals surface area (Å²) in [5.41, 5.74) is 7.34. The van der Waals surface area contributed by atoms with Gasteiger partial charge in [0.05, 0.1) is 12.2 Å². The number of aryl methyl sites for hydroxylation is 2. The average molecular weight is 346 g/mol. The van der Waals surface area contributed by atoms with Crippen LogP contribution in [0, 0.1) is 13.8 Å². The van der Waals surface area contributed by atoms with Gasteiger partial charge in [0.15, 0.2) is 0 Å². The molecule has 2 heterocycles. The second-order valence-corrected chi connectivity index (χ2v) is 7.14. The van der Waals surface area contributed by atoms with E-state index in [1.54, 1.807) is 6.26 Å². The molecule has 3 aromatic rings. The average Bonchev–Trinajstić information content (AvgIpc) is 3.20. The van der Waals surface area contributed by atoms with Crippen LogP contribution in [0.2, 0.25) is 0 Å². The van der Waals surface area contributed by atoms with Crippen molar-refractivity contribution in [2.75, 3.05) is 4.90 Å². The van der Waals surface area contributed by atoms with Gasteiger partial charge in [0.2, 0.25) is 0 Å². The predicted octanol–water partition coefficient (Wildman–Crippen LogP) is 4.80. The van der Waals surface area contributed by atoms with Crippen LogP contribution in [0.4, 0.5) is 5.69 Å². The topological polar surface area (TPSA) is 46.3 Å². The molecule has 1 aromatic heterocycles. The molecule has 2 aromatic carbocycles. The van der Waals surface area contributed by atoms with Gasteiger partial charge >= 0.3 is 0 Å². The lowest BCUT2D eigenvalue weighted by Gasteiger charge is -2.19. The van der Waals surface area contributed by atoms with Gasteiger partial charge in [0.1, 0.15) is 6.26 Å². The minimum Gasteiger partial charge on any atom is -0.364 e. The quantitative estimate of drug-likeness (QED) is 0.682. The zero-order valence-electron chi connectivity index (χ0n) is 15.3. The smallest absolute Gasteiger partial charge is 0.258 e. The molecule has 132 valence electrons. The van der Waals surface area contributed by atoms with Crippen LogP contribution in [0.3, 0.4) is 0 Å². The summed E-state index contributed by atoms with van der Waals surface area (Å²) < 4.78 is 5.05. The van der Waals surface area contributed by atoms with Gasteiger partial charge in [-0.3, -0.25) is 4.79 Å². The van der Waals surface area contributed by atoms with Gasteiger partial charge in [0, 0.05) is 16.8 Å². The Labute approximate surface area is 153 Å². The van der Waals surface area contributed by atoms with Crippen molar-refractivity contribution in [1.82, 2.24) is 5.16 Å². The third-order valence-corrected chi connectivity index (χ3v) is 5.30. The number of nitrogens with zero attached hydrogens (tertiary/aromatic N) is 2. The van der Waals surface area contributed by atoms with Gasteiger partial charge in [-0.1, -0.05) is 36.3 Å². The van der Waals surface area contributed by atoms with Crippen LogP contribution in [0.25, 0.3) is 0 Å². The molecular weight excluding hydrogens is 324 g/mol. The van der Waals surface area contributed by atoms with E-state index in [4.69, 9.17) is 4.52 Å². The summed E-state index contributed by atoms with van der Waals surface area (Å²) in [4.78, 5) is 14.7. The van der Waals surface area contributed by atoms with Crippen molar-refractivity contribution in [2.45, 2.75) is 39.7 Å². The van der Waals surface area contributed by atoms with Crippen LogP contribution in [0.5, 0.6) is 0 Å². The lowest BCUT2D eigenvalue weighted by molar-refractivity contribution is 0.0996. The largest absolute Gasteiger partial charge is 0.364 e. The van der Waals surface area contributed by atoms with Gasteiger partial charge in [0.25, 0.3) is 5.91 Å². The fraction of sp³-hybridized carbons (Fsp3) is 0.273. The van der Waals surface area contributed by atoms with Crippen molar-refractivity contribution < 1.29 is 9.32 Å². The first kappa shape index (κ1) is 16.6. The van der Waals surface area contributed by atoms with Crippen LogP contribution in [0.15, 0.2) is 53.3 Å². The highest BCUT2D eigenvalue weighted by Crippen LogP contribution is 2.32. The molecule has 4 rings (SSSR count). The number of fused-ring (bicyclic) bond motifs is 1. The first-order valence-corrected chi connectivity index (χ1v) is 8.94. The fourth-order valence-corrected chi connectivity index (χ4v) is 3.61. The van der Waals surface area contributed by atoms with Crippen LogP contribution in [0.1, 0.15) is 51.1 Å². The second-order valence-electron chi connectivity index (χ2n) is 7.14. The standard InChI is InChI=1S/C22H22N2O2/c1-14-6-4-9-19-20(14)12-24(22(19)25)18-8-5-7-17(11-18)15(2)10-21-16(3)13-26-23-21/h4-9,11,13,15H,10,12H2,1-3H3. The Bertz CT molecular complexity index is 974. The molecule has 0 saturated heterocycles. The van der Waals surface area contributed by atoms with E-state index in [9.17, 15) is 4.79 Å². The molecule has 1 atom stereocenters. The van der Waals surface area contributed by atoms with E-state index in [0.717, 1.165) is 34.5 Å². The molecule has 1 amide bonds. The number of carbonyl (C=O) groups is 1. The Morgan fingerprint density at radius 3 is 2.69 bits per heavy atom. The summed E-state index contributed by atoms with van der Waals surface area (Å²) in [6.07, 6.45) is 2.50. The van der Waals surface area contributed by atoms with Crippen molar-refractivity contribution in [3.63, 3.8) is 0 Å². The molecule has 4 heteroatoms. The summed E-state index contributed by atoms with van der Waals surface area (Å²) in [5.74, 6) is 0.376. The summed E-state index contributed by atoms with van der Waals surface area (Å²) >= 11 is 0. The van der Waals surface area contributed by atoms with E-state index in [1.165, 1.54) is 11.1 Å². The van der Waals surface area contributed by atoms with Crippen LogP contribution >= 0.6 is 0 Å². The molecule has 26 heavy (non-hydrogen) atoms. The normalized spacial score (nSPS) is 14.6. The van der Waals surface area contributed by atoms with Crippen LogP contribution in [-0.4, -0.2) is 11.1 Å². The number of aromatic nitrogens is 1. The number of hydrogen-bond acceptors (Lipinski definition) is 3. The molecule has 0 aliphatic carbocycles. The molecule has 1 unspecified atom stereocenters. The second kappa shape index (κ2) is 6.45. The number of amides is 1. The highest BCUT2D eigenvalue weighted by Gasteiger charge is 2.29. The highest BCUT2D eigenvalue weighted by atomic mass is 16.5. The maximum absolute atomic E-state index is 12.8. The lowest BCUT2D eigenvalue weighted by atomic mass is 9.94. The molecule has 1 aliphatic rings. The molecule has 0 spiro atoms. The minimum atomic E-state index is 0.0841. The SMILES string of the molecule is Cc1conc1CC(C)c1cccc(N2Cc3c(C)cccc3C2=O)c1. The van der Waals surface area contributed by atoms with Crippen LogP contribution in [-0.2, 0) is 13.0 Å². The van der Waals surface area contributed by atoms with Gasteiger partial charge < -0.3 is 9.42 Å². The fourth-order valence-electron chi connectivity index (χ4n) is 3.61. The molecular formula is C22H22N2O2. The molecule has 0 saturated carbocycles. The maximum atomic E-state index is 12.8. The number of carbonyl (C=O) groups excluding carboxylic acids is 1. The summed E-state index contributed by atoms with van der Waals surface area (Å²) in [5, 5.41) is 4.09. The Morgan fingerprint density at radius 2 is 1.96 bits per heavy atom. The van der Waals surface area contributed by atoms with Crippen LogP contribution < -0.4 is 4.90 Å². The van der Waals surface area contributed by atoms with Crippen molar-refractivity contribution in [1.29, 1.82) is 0 Å². The van der Waals surface area contributed by atoms with E-state index in [2.05, 4.69) is 37.2 Å². The van der Waals surface area contributed by atoms with Gasteiger partial charge in [-0.15, -0.1) is 0 Å². The van der Waals surface area contributed by atoms with E-state index < -0.39 is 0 Å². The summed E-state index contributed by atoms with van der Waals surface area (Å²) in [7, 11) is 0. The molecule has 1 aliphatic heterocycles. The zero-order valence-corrected chi connectivity index (χ0v) is 15.3. The monoisotopic (exact) mass is 346 g/mol. The molecule has 0 N–H and O–H groups in total. The Kier molecular flexibility index (Phi) is 4.11. The Morgan fingerprint density at radius 1 is 1.15 bits per heavy atom. The molecule has 0 bridgehead atoms. The third kappa shape index (κ3) is 2.81. The molecule has 0 fully saturated rings. The van der Waals surface area contributed by atoms with Crippen molar-refractivity contribution >= 4 is 11.6 Å². The molecule has 4 nitrogen and oxygen atoms in total. The Hall–Kier alpha value is -2.88. The Balaban J connectivity index is 1.60. The van der Waals surface area contributed by atoms with Crippen molar-refractivity contribution in [2.24, 2.45) is 0 Å². The van der Waals surface area contributed by atoms with Crippen molar-refractivity contribution in [3.05, 3.63) is 82.2 Å². The van der Waals surface area contributed by atoms with Gasteiger partial charge in [-0.25, -0.2) is 0 Å². The van der Waals surface area contributed by atoms with E-state index >= 15 is 0 Å².